The first-order chi connectivity index (χ1) is 9.69. The maximum Gasteiger partial charge on any atom is 0.317 e. The van der Waals surface area contributed by atoms with Gasteiger partial charge >= 0.3 is 6.03 Å². The molecule has 20 heavy (non-hydrogen) atoms. The molecule has 0 spiro atoms. The van der Waals surface area contributed by atoms with E-state index in [0.29, 0.717) is 11.3 Å². The maximum absolute atomic E-state index is 12.5. The molecule has 2 aliphatic rings. The van der Waals surface area contributed by atoms with Crippen molar-refractivity contribution in [3.05, 3.63) is 0 Å². The van der Waals surface area contributed by atoms with E-state index in [2.05, 4.69) is 24.1 Å². The Kier molecular flexibility index (Phi) is 6.53. The van der Waals surface area contributed by atoms with Crippen LogP contribution in [0, 0.1) is 5.92 Å². The molecule has 0 radical (unpaired) electrons. The lowest BCUT2D eigenvalue weighted by atomic mass is 9.87. The molecular weight excluding hydrogens is 268 g/mol. The molecule has 2 amide bonds. The normalized spacial score (nSPS) is 31.7. The standard InChI is InChI=1S/C16H30N2OS/c1-3-20-15-6-4-5-11-18(12-15)16(19)17-14-9-7-13(2)8-10-14/h13-15H,3-12H2,1-2H3,(H,17,19)/t13?,14?,15-/m0/s1. The molecule has 0 unspecified atom stereocenters. The van der Waals surface area contributed by atoms with Gasteiger partial charge in [0.05, 0.1) is 0 Å². The van der Waals surface area contributed by atoms with Crippen molar-refractivity contribution < 1.29 is 4.79 Å². The Balaban J connectivity index is 1.80. The molecule has 3 nitrogen and oxygen atoms in total. The summed E-state index contributed by atoms with van der Waals surface area (Å²) in [6, 6.07) is 0.604. The zero-order valence-corrected chi connectivity index (χ0v) is 13.9. The predicted octanol–water partition coefficient (Wildman–Crippen LogP) is 3.88. The number of urea groups is 1. The second-order valence-electron chi connectivity index (χ2n) is 6.43. The van der Waals surface area contributed by atoms with Gasteiger partial charge in [-0.2, -0.15) is 11.8 Å². The van der Waals surface area contributed by atoms with E-state index < -0.39 is 0 Å². The average Bonchev–Trinajstić information content (AvgIpc) is 2.67. The zero-order valence-electron chi connectivity index (χ0n) is 13.1. The molecule has 0 aromatic rings. The summed E-state index contributed by atoms with van der Waals surface area (Å²) in [5.74, 6) is 1.99. The second kappa shape index (κ2) is 8.16. The monoisotopic (exact) mass is 298 g/mol. The van der Waals surface area contributed by atoms with Crippen molar-refractivity contribution in [2.75, 3.05) is 18.8 Å². The molecule has 1 aliphatic heterocycles. The van der Waals surface area contributed by atoms with Crippen molar-refractivity contribution in [2.45, 2.75) is 70.1 Å². The second-order valence-corrected chi connectivity index (χ2v) is 8.00. The van der Waals surface area contributed by atoms with Crippen molar-refractivity contribution in [1.82, 2.24) is 10.2 Å². The van der Waals surface area contributed by atoms with Crippen LogP contribution in [0.4, 0.5) is 4.79 Å². The number of carbonyl (C=O) groups is 1. The van der Waals surface area contributed by atoms with Crippen LogP contribution in [0.1, 0.15) is 58.8 Å². The highest BCUT2D eigenvalue weighted by atomic mass is 32.2. The van der Waals surface area contributed by atoms with Gasteiger partial charge in [0.25, 0.3) is 0 Å². The van der Waals surface area contributed by atoms with Crippen molar-refractivity contribution in [3.8, 4) is 0 Å². The van der Waals surface area contributed by atoms with Gasteiger partial charge in [0.15, 0.2) is 0 Å². The highest BCUT2D eigenvalue weighted by Gasteiger charge is 2.25. The van der Waals surface area contributed by atoms with E-state index in [0.717, 1.165) is 44.0 Å². The number of hydrogen-bond acceptors (Lipinski definition) is 2. The topological polar surface area (TPSA) is 32.3 Å². The summed E-state index contributed by atoms with van der Waals surface area (Å²) in [5, 5.41) is 3.92. The highest BCUT2D eigenvalue weighted by Crippen LogP contribution is 2.25. The number of thioether (sulfide) groups is 1. The van der Waals surface area contributed by atoms with E-state index in [1.165, 1.54) is 25.7 Å². The summed E-state index contributed by atoms with van der Waals surface area (Å²) < 4.78 is 0. The highest BCUT2D eigenvalue weighted by molar-refractivity contribution is 7.99. The fraction of sp³-hybridized carbons (Fsp3) is 0.938. The van der Waals surface area contributed by atoms with Crippen LogP contribution in [0.2, 0.25) is 0 Å². The van der Waals surface area contributed by atoms with Crippen molar-refractivity contribution in [2.24, 2.45) is 5.92 Å². The third-order valence-electron chi connectivity index (χ3n) is 4.66. The van der Waals surface area contributed by atoms with E-state index in [1.807, 2.05) is 11.8 Å². The summed E-state index contributed by atoms with van der Waals surface area (Å²) in [6.45, 7) is 6.41. The van der Waals surface area contributed by atoms with E-state index in [4.69, 9.17) is 0 Å². The van der Waals surface area contributed by atoms with Crippen LogP contribution >= 0.6 is 11.8 Å². The SMILES string of the molecule is CCS[C@H]1CCCCN(C(=O)NC2CCC(C)CC2)C1. The molecule has 1 N–H and O–H groups in total. The Bertz CT molecular complexity index is 303. The van der Waals surface area contributed by atoms with E-state index >= 15 is 0 Å². The first-order valence-corrected chi connectivity index (χ1v) is 9.41. The Morgan fingerprint density at radius 2 is 1.95 bits per heavy atom. The van der Waals surface area contributed by atoms with Gasteiger partial charge in [-0.25, -0.2) is 4.79 Å². The molecule has 0 bridgehead atoms. The van der Waals surface area contributed by atoms with Crippen LogP contribution in [0.5, 0.6) is 0 Å². The number of carbonyl (C=O) groups excluding carboxylic acids is 1. The van der Waals surface area contributed by atoms with Crippen LogP contribution in [0.15, 0.2) is 0 Å². The van der Waals surface area contributed by atoms with Crippen LogP contribution < -0.4 is 5.32 Å². The Morgan fingerprint density at radius 1 is 1.20 bits per heavy atom. The third-order valence-corrected chi connectivity index (χ3v) is 5.85. The van der Waals surface area contributed by atoms with Gasteiger partial charge in [-0.15, -0.1) is 0 Å². The predicted molar refractivity (Wildman–Crippen MR) is 87.3 cm³/mol. The lowest BCUT2D eigenvalue weighted by molar-refractivity contribution is 0.189. The van der Waals surface area contributed by atoms with Gasteiger partial charge in [0, 0.05) is 24.4 Å². The van der Waals surface area contributed by atoms with Crippen LogP contribution in [-0.4, -0.2) is 41.1 Å². The number of rotatable bonds is 3. The third kappa shape index (κ3) is 4.87. The molecular formula is C16H30N2OS. The summed E-state index contributed by atoms with van der Waals surface area (Å²) >= 11 is 2.01. The van der Waals surface area contributed by atoms with Crippen molar-refractivity contribution in [1.29, 1.82) is 0 Å². The number of nitrogens with zero attached hydrogens (tertiary/aromatic N) is 1. The number of hydrogen-bond donors (Lipinski definition) is 1. The first-order valence-electron chi connectivity index (χ1n) is 8.36. The molecule has 1 atom stereocenters. The van der Waals surface area contributed by atoms with Gasteiger partial charge in [-0.05, 0) is 50.2 Å². The largest absolute Gasteiger partial charge is 0.335 e. The molecule has 4 heteroatoms. The molecule has 0 aromatic heterocycles. The summed E-state index contributed by atoms with van der Waals surface area (Å²) in [7, 11) is 0. The van der Waals surface area contributed by atoms with Crippen LogP contribution in [0.25, 0.3) is 0 Å². The minimum Gasteiger partial charge on any atom is -0.335 e. The quantitative estimate of drug-likeness (QED) is 0.857. The van der Waals surface area contributed by atoms with E-state index in [1.54, 1.807) is 0 Å². The molecule has 1 aliphatic carbocycles. The lowest BCUT2D eigenvalue weighted by Gasteiger charge is -2.30. The number of likely N-dealkylation sites (tertiary alicyclic amines) is 1. The molecule has 116 valence electrons. The van der Waals surface area contributed by atoms with Gasteiger partial charge in [0.2, 0.25) is 0 Å². The van der Waals surface area contributed by atoms with E-state index in [-0.39, 0.29) is 6.03 Å². The average molecular weight is 298 g/mol. The lowest BCUT2D eigenvalue weighted by Crippen LogP contribution is -2.47. The number of nitrogens with one attached hydrogen (secondary N) is 1. The fourth-order valence-corrected chi connectivity index (χ4v) is 4.42. The molecule has 2 fully saturated rings. The summed E-state index contributed by atoms with van der Waals surface area (Å²) in [4.78, 5) is 14.5. The Labute approximate surface area is 128 Å². The fourth-order valence-electron chi connectivity index (χ4n) is 3.33. The minimum absolute atomic E-state index is 0.188. The van der Waals surface area contributed by atoms with Gasteiger partial charge in [-0.1, -0.05) is 20.3 Å². The molecule has 1 heterocycles. The van der Waals surface area contributed by atoms with Crippen molar-refractivity contribution >= 4 is 17.8 Å². The van der Waals surface area contributed by atoms with Gasteiger partial charge in [0.1, 0.15) is 0 Å². The molecule has 1 saturated carbocycles. The maximum atomic E-state index is 12.5. The summed E-state index contributed by atoms with van der Waals surface area (Å²) in [5.41, 5.74) is 0. The Hall–Kier alpha value is -0.380. The minimum atomic E-state index is 0.188. The van der Waals surface area contributed by atoms with Crippen LogP contribution in [-0.2, 0) is 0 Å². The van der Waals surface area contributed by atoms with Gasteiger partial charge in [-0.3, -0.25) is 0 Å². The smallest absolute Gasteiger partial charge is 0.317 e. The van der Waals surface area contributed by atoms with Crippen molar-refractivity contribution in [3.63, 3.8) is 0 Å². The summed E-state index contributed by atoms with van der Waals surface area (Å²) in [6.07, 6.45) is 8.54. The first kappa shape index (κ1) is 16.0. The van der Waals surface area contributed by atoms with Crippen LogP contribution in [0.3, 0.4) is 0 Å². The molecule has 2 rings (SSSR count). The zero-order chi connectivity index (χ0) is 14.4. The Morgan fingerprint density at radius 3 is 2.65 bits per heavy atom. The van der Waals surface area contributed by atoms with E-state index in [9.17, 15) is 4.79 Å². The molecule has 0 aromatic carbocycles. The number of amides is 2. The molecule has 1 saturated heterocycles. The van der Waals surface area contributed by atoms with Gasteiger partial charge < -0.3 is 10.2 Å².